The molecule has 3 rings (SSSR count). The van der Waals surface area contributed by atoms with Crippen LogP contribution in [-0.4, -0.2) is 38.4 Å². The summed E-state index contributed by atoms with van der Waals surface area (Å²) in [6.07, 6.45) is 1.77. The largest absolute Gasteiger partial charge is 0.348 e. The minimum atomic E-state index is -3.51. The third kappa shape index (κ3) is 4.57. The van der Waals surface area contributed by atoms with Gasteiger partial charge in [-0.05, 0) is 49.5 Å². The monoisotopic (exact) mass is 422 g/mol. The Hall–Kier alpha value is -1.89. The van der Waals surface area contributed by atoms with Crippen molar-refractivity contribution in [2.45, 2.75) is 30.6 Å². The van der Waals surface area contributed by atoms with E-state index in [9.17, 15) is 13.2 Å². The number of sulfone groups is 1. The van der Waals surface area contributed by atoms with Crippen LogP contribution in [0, 0.1) is 0 Å². The molecule has 28 heavy (non-hydrogen) atoms. The number of benzene rings is 2. The van der Waals surface area contributed by atoms with Crippen LogP contribution in [0.3, 0.4) is 0 Å². The molecule has 0 aromatic heterocycles. The van der Waals surface area contributed by atoms with Crippen molar-refractivity contribution in [2.75, 3.05) is 19.3 Å². The second-order valence-corrected chi connectivity index (χ2v) is 9.53. The number of carbonyl (C=O) groups excluding carboxylic acids is 1. The van der Waals surface area contributed by atoms with Crippen molar-refractivity contribution in [1.29, 1.82) is 0 Å². The van der Waals surface area contributed by atoms with Gasteiger partial charge in [-0.2, -0.15) is 0 Å². The summed E-state index contributed by atoms with van der Waals surface area (Å²) in [5.41, 5.74) is 3.18. The molecular formula is C21H27ClN2O3S. The van der Waals surface area contributed by atoms with E-state index in [1.54, 1.807) is 0 Å². The zero-order valence-electron chi connectivity index (χ0n) is 16.1. The Morgan fingerprint density at radius 2 is 1.54 bits per heavy atom. The van der Waals surface area contributed by atoms with Gasteiger partial charge in [0.1, 0.15) is 0 Å². The predicted octanol–water partition coefficient (Wildman–Crippen LogP) is 3.12. The number of hydrogen-bond acceptors (Lipinski definition) is 4. The van der Waals surface area contributed by atoms with E-state index in [0.29, 0.717) is 25.9 Å². The van der Waals surface area contributed by atoms with Crippen LogP contribution in [0.4, 0.5) is 0 Å². The van der Waals surface area contributed by atoms with E-state index in [1.807, 2.05) is 61.5 Å². The molecule has 1 aliphatic heterocycles. The Balaban J connectivity index is 0.00000280. The molecule has 0 spiro atoms. The first-order valence-electron chi connectivity index (χ1n) is 9.20. The van der Waals surface area contributed by atoms with Gasteiger partial charge in [-0.15, -0.1) is 12.4 Å². The number of nitrogens with one attached hydrogen (secondary N) is 2. The Morgan fingerprint density at radius 1 is 1.00 bits per heavy atom. The number of carbonyl (C=O) groups is 1. The van der Waals surface area contributed by atoms with Crippen molar-refractivity contribution < 1.29 is 13.2 Å². The summed E-state index contributed by atoms with van der Waals surface area (Å²) in [5, 5.41) is 6.06. The molecular weight excluding hydrogens is 396 g/mol. The number of amides is 1. The Bertz CT molecular complexity index is 893. The summed E-state index contributed by atoms with van der Waals surface area (Å²) in [6, 6.07) is 17.8. The maximum Gasteiger partial charge on any atom is 0.242 e. The highest BCUT2D eigenvalue weighted by atomic mass is 35.5. The minimum absolute atomic E-state index is 0. The van der Waals surface area contributed by atoms with Gasteiger partial charge in [-0.3, -0.25) is 4.79 Å². The van der Waals surface area contributed by atoms with Crippen molar-refractivity contribution in [1.82, 2.24) is 10.6 Å². The van der Waals surface area contributed by atoms with E-state index < -0.39 is 20.5 Å². The molecule has 1 fully saturated rings. The zero-order valence-corrected chi connectivity index (χ0v) is 17.8. The summed E-state index contributed by atoms with van der Waals surface area (Å²) >= 11 is 0. The standard InChI is InChI=1S/C21H26N2O3S.ClH/c1-16(17-8-10-19(11-9-17)18-6-4-3-5-7-18)23-20(24)21(27(2,25)26)12-14-22-15-13-21;/h3-11,16,22H,12-15H2,1-2H3,(H,23,24);1H. The second-order valence-electron chi connectivity index (χ2n) is 7.20. The molecule has 7 heteroatoms. The smallest absolute Gasteiger partial charge is 0.242 e. The van der Waals surface area contributed by atoms with Gasteiger partial charge in [0.05, 0.1) is 6.04 Å². The molecule has 1 aliphatic rings. The third-order valence-corrected chi connectivity index (χ3v) is 7.41. The van der Waals surface area contributed by atoms with Gasteiger partial charge in [-0.25, -0.2) is 8.42 Å². The molecule has 2 aromatic rings. The van der Waals surface area contributed by atoms with Gasteiger partial charge < -0.3 is 10.6 Å². The molecule has 1 amide bonds. The minimum Gasteiger partial charge on any atom is -0.348 e. The van der Waals surface area contributed by atoms with Crippen molar-refractivity contribution >= 4 is 28.2 Å². The first kappa shape index (κ1) is 22.4. The number of halogens is 1. The van der Waals surface area contributed by atoms with E-state index in [0.717, 1.165) is 22.9 Å². The molecule has 1 heterocycles. The number of rotatable bonds is 5. The maximum atomic E-state index is 12.9. The summed E-state index contributed by atoms with van der Waals surface area (Å²) in [5.74, 6) is -0.397. The van der Waals surface area contributed by atoms with Crippen molar-refractivity contribution in [3.63, 3.8) is 0 Å². The van der Waals surface area contributed by atoms with Gasteiger partial charge in [0.25, 0.3) is 0 Å². The quantitative estimate of drug-likeness (QED) is 0.776. The molecule has 0 saturated carbocycles. The van der Waals surface area contributed by atoms with Crippen LogP contribution in [0.15, 0.2) is 54.6 Å². The topological polar surface area (TPSA) is 75.3 Å². The molecule has 0 bridgehead atoms. The van der Waals surface area contributed by atoms with Crippen LogP contribution in [0.5, 0.6) is 0 Å². The number of piperidine rings is 1. The second kappa shape index (κ2) is 9.07. The van der Waals surface area contributed by atoms with Gasteiger partial charge in [0.15, 0.2) is 14.6 Å². The molecule has 0 aliphatic carbocycles. The lowest BCUT2D eigenvalue weighted by molar-refractivity contribution is -0.125. The molecule has 1 atom stereocenters. The van der Waals surface area contributed by atoms with Gasteiger partial charge in [0.2, 0.25) is 5.91 Å². The van der Waals surface area contributed by atoms with Crippen LogP contribution in [-0.2, 0) is 14.6 Å². The van der Waals surface area contributed by atoms with Crippen LogP contribution in [0.1, 0.15) is 31.4 Å². The van der Waals surface area contributed by atoms with E-state index in [4.69, 9.17) is 0 Å². The molecule has 1 unspecified atom stereocenters. The van der Waals surface area contributed by atoms with Crippen LogP contribution >= 0.6 is 12.4 Å². The summed E-state index contributed by atoms with van der Waals surface area (Å²) in [7, 11) is -3.51. The Labute approximate surface area is 173 Å². The average Bonchev–Trinajstić information content (AvgIpc) is 2.68. The summed E-state index contributed by atoms with van der Waals surface area (Å²) < 4.78 is 23.4. The molecule has 1 saturated heterocycles. The van der Waals surface area contributed by atoms with E-state index in [2.05, 4.69) is 10.6 Å². The fourth-order valence-electron chi connectivity index (χ4n) is 3.60. The highest BCUT2D eigenvalue weighted by Crippen LogP contribution is 2.29. The Morgan fingerprint density at radius 3 is 2.07 bits per heavy atom. The first-order chi connectivity index (χ1) is 12.8. The van der Waals surface area contributed by atoms with Gasteiger partial charge in [-0.1, -0.05) is 54.6 Å². The first-order valence-corrected chi connectivity index (χ1v) is 11.1. The molecule has 0 radical (unpaired) electrons. The fourth-order valence-corrected chi connectivity index (χ4v) is 4.94. The van der Waals surface area contributed by atoms with Crippen molar-refractivity contribution in [3.05, 3.63) is 60.2 Å². The molecule has 5 nitrogen and oxygen atoms in total. The lowest BCUT2D eigenvalue weighted by atomic mass is 9.94. The van der Waals surface area contributed by atoms with Crippen molar-refractivity contribution in [3.8, 4) is 11.1 Å². The third-order valence-electron chi connectivity index (χ3n) is 5.40. The average molecular weight is 423 g/mol. The van der Waals surface area contributed by atoms with E-state index in [1.165, 1.54) is 0 Å². The number of hydrogen-bond donors (Lipinski definition) is 2. The molecule has 2 N–H and O–H groups in total. The summed E-state index contributed by atoms with van der Waals surface area (Å²) in [6.45, 7) is 2.94. The normalized spacial score (nSPS) is 17.2. The SMILES string of the molecule is CC(NC(=O)C1(S(C)(=O)=O)CCNCC1)c1ccc(-c2ccccc2)cc1.Cl. The molecule has 2 aromatic carbocycles. The zero-order chi connectivity index (χ0) is 19.5. The summed E-state index contributed by atoms with van der Waals surface area (Å²) in [4.78, 5) is 12.9. The van der Waals surface area contributed by atoms with E-state index >= 15 is 0 Å². The van der Waals surface area contributed by atoms with Gasteiger partial charge in [0, 0.05) is 6.26 Å². The maximum absolute atomic E-state index is 12.9. The van der Waals surface area contributed by atoms with Crippen molar-refractivity contribution in [2.24, 2.45) is 0 Å². The van der Waals surface area contributed by atoms with E-state index in [-0.39, 0.29) is 18.4 Å². The van der Waals surface area contributed by atoms with Crippen LogP contribution in [0.25, 0.3) is 11.1 Å². The molecule has 152 valence electrons. The van der Waals surface area contributed by atoms with Crippen LogP contribution < -0.4 is 10.6 Å². The fraction of sp³-hybridized carbons (Fsp3) is 0.381. The lowest BCUT2D eigenvalue weighted by Crippen LogP contribution is -2.57. The Kier molecular flexibility index (Phi) is 7.26. The predicted molar refractivity (Wildman–Crippen MR) is 115 cm³/mol. The highest BCUT2D eigenvalue weighted by Gasteiger charge is 2.48. The lowest BCUT2D eigenvalue weighted by Gasteiger charge is -2.35. The van der Waals surface area contributed by atoms with Gasteiger partial charge >= 0.3 is 0 Å². The van der Waals surface area contributed by atoms with Crippen LogP contribution in [0.2, 0.25) is 0 Å². The highest BCUT2D eigenvalue weighted by molar-refractivity contribution is 7.92.